The maximum atomic E-state index is 5.45. The van der Waals surface area contributed by atoms with Crippen LogP contribution < -0.4 is 21.9 Å². The van der Waals surface area contributed by atoms with Gasteiger partial charge in [-0.25, -0.2) is 4.98 Å². The van der Waals surface area contributed by atoms with Crippen LogP contribution in [0.5, 0.6) is 0 Å². The second kappa shape index (κ2) is 6.94. The molecule has 6 nitrogen and oxygen atoms in total. The van der Waals surface area contributed by atoms with Gasteiger partial charge in [-0.1, -0.05) is 13.8 Å². The highest BCUT2D eigenvalue weighted by Crippen LogP contribution is 2.11. The van der Waals surface area contributed by atoms with Gasteiger partial charge in [0.25, 0.3) is 0 Å². The average molecular weight is 264 g/mol. The molecule has 0 spiro atoms. The van der Waals surface area contributed by atoms with Gasteiger partial charge in [0.2, 0.25) is 5.95 Å². The number of nitrogens with zero attached hydrogens (tertiary/aromatic N) is 2. The minimum absolute atomic E-state index is 0.301. The lowest BCUT2D eigenvalue weighted by Gasteiger charge is -2.13. The first-order valence-corrected chi connectivity index (χ1v) is 6.47. The second-order valence-corrected chi connectivity index (χ2v) is 5.06. The van der Waals surface area contributed by atoms with Crippen LogP contribution in [-0.2, 0) is 0 Å². The molecule has 0 unspecified atom stereocenters. The van der Waals surface area contributed by atoms with Gasteiger partial charge in [-0.3, -0.25) is 5.84 Å². The molecule has 0 aliphatic heterocycles. The zero-order chi connectivity index (χ0) is 14.4. The first-order chi connectivity index (χ1) is 8.92. The van der Waals surface area contributed by atoms with Crippen molar-refractivity contribution in [2.75, 3.05) is 10.6 Å². The number of anilines is 2. The molecule has 1 aromatic rings. The average Bonchev–Trinajstić information content (AvgIpc) is 2.27. The summed E-state index contributed by atoms with van der Waals surface area (Å²) in [6.45, 7) is 10.2. The molecule has 106 valence electrons. The summed E-state index contributed by atoms with van der Waals surface area (Å²) in [6, 6.07) is 2.24. The van der Waals surface area contributed by atoms with Crippen LogP contribution in [0.15, 0.2) is 18.0 Å². The van der Waals surface area contributed by atoms with E-state index in [2.05, 4.69) is 53.7 Å². The molecule has 0 amide bonds. The molecule has 0 fully saturated rings. The Morgan fingerprint density at radius 3 is 2.47 bits per heavy atom. The van der Waals surface area contributed by atoms with Crippen molar-refractivity contribution in [2.45, 2.75) is 40.7 Å². The molecule has 0 saturated heterocycles. The van der Waals surface area contributed by atoms with Crippen molar-refractivity contribution in [2.24, 2.45) is 11.8 Å². The molecule has 0 bridgehead atoms. The van der Waals surface area contributed by atoms with E-state index in [9.17, 15) is 0 Å². The molecule has 6 heteroatoms. The summed E-state index contributed by atoms with van der Waals surface area (Å²) in [5, 5.41) is 6.32. The fourth-order valence-electron chi connectivity index (χ4n) is 1.52. The van der Waals surface area contributed by atoms with Gasteiger partial charge in [0, 0.05) is 29.7 Å². The Kier molecular flexibility index (Phi) is 5.57. The van der Waals surface area contributed by atoms with Crippen molar-refractivity contribution in [3.8, 4) is 0 Å². The number of aromatic nitrogens is 2. The first kappa shape index (κ1) is 15.2. The van der Waals surface area contributed by atoms with Crippen LogP contribution in [0.4, 0.5) is 11.8 Å². The summed E-state index contributed by atoms with van der Waals surface area (Å²) >= 11 is 0. The van der Waals surface area contributed by atoms with E-state index in [0.717, 1.165) is 17.2 Å². The van der Waals surface area contributed by atoms with E-state index >= 15 is 0 Å². The van der Waals surface area contributed by atoms with E-state index in [-0.39, 0.29) is 0 Å². The number of hydrogen-bond donors (Lipinski definition) is 4. The van der Waals surface area contributed by atoms with Gasteiger partial charge in [-0.2, -0.15) is 4.98 Å². The van der Waals surface area contributed by atoms with Crippen molar-refractivity contribution in [3.63, 3.8) is 0 Å². The molecule has 0 atom stereocenters. The molecule has 0 aliphatic rings. The van der Waals surface area contributed by atoms with Crippen LogP contribution in [0, 0.1) is 12.8 Å². The number of hydrazine groups is 1. The predicted molar refractivity (Wildman–Crippen MR) is 79.4 cm³/mol. The third kappa shape index (κ3) is 5.13. The predicted octanol–water partition coefficient (Wildman–Crippen LogP) is 1.98. The van der Waals surface area contributed by atoms with Crippen LogP contribution >= 0.6 is 0 Å². The van der Waals surface area contributed by atoms with Gasteiger partial charge in [0.05, 0.1) is 0 Å². The van der Waals surface area contributed by atoms with Crippen molar-refractivity contribution in [1.82, 2.24) is 15.4 Å². The Hall–Kier alpha value is -1.82. The summed E-state index contributed by atoms with van der Waals surface area (Å²) < 4.78 is 0. The lowest BCUT2D eigenvalue weighted by molar-refractivity contribution is 0.670. The molecule has 0 aliphatic carbocycles. The molecule has 19 heavy (non-hydrogen) atoms. The third-order valence-corrected chi connectivity index (χ3v) is 2.44. The van der Waals surface area contributed by atoms with Gasteiger partial charge in [0.1, 0.15) is 5.82 Å². The topological polar surface area (TPSA) is 87.9 Å². The molecule has 1 rings (SSSR count). The normalized spacial score (nSPS) is 11.9. The monoisotopic (exact) mass is 264 g/mol. The van der Waals surface area contributed by atoms with Crippen LogP contribution in [0.2, 0.25) is 0 Å². The van der Waals surface area contributed by atoms with Gasteiger partial charge in [-0.05, 0) is 26.7 Å². The number of aryl methyl sites for hydroxylation is 1. The molecular weight excluding hydrogens is 240 g/mol. The van der Waals surface area contributed by atoms with Gasteiger partial charge < -0.3 is 16.1 Å². The maximum absolute atomic E-state index is 5.45. The van der Waals surface area contributed by atoms with E-state index in [1.54, 1.807) is 6.20 Å². The molecule has 0 aromatic carbocycles. The second-order valence-electron chi connectivity index (χ2n) is 5.06. The van der Waals surface area contributed by atoms with Crippen molar-refractivity contribution in [3.05, 3.63) is 23.7 Å². The Morgan fingerprint density at radius 1 is 1.26 bits per heavy atom. The number of rotatable bonds is 6. The van der Waals surface area contributed by atoms with Crippen LogP contribution in [-0.4, -0.2) is 16.0 Å². The Labute approximate surface area is 114 Å². The van der Waals surface area contributed by atoms with Crippen LogP contribution in [0.1, 0.15) is 33.4 Å². The third-order valence-electron chi connectivity index (χ3n) is 2.44. The highest BCUT2D eigenvalue weighted by atomic mass is 15.2. The lowest BCUT2D eigenvalue weighted by Crippen LogP contribution is -2.25. The highest BCUT2D eigenvalue weighted by molar-refractivity contribution is 5.44. The Bertz CT molecular complexity index is 439. The Morgan fingerprint density at radius 2 is 1.95 bits per heavy atom. The van der Waals surface area contributed by atoms with Crippen molar-refractivity contribution in [1.29, 1.82) is 0 Å². The highest BCUT2D eigenvalue weighted by Gasteiger charge is 2.04. The van der Waals surface area contributed by atoms with Gasteiger partial charge in [0.15, 0.2) is 0 Å². The Balaban J connectivity index is 2.86. The summed E-state index contributed by atoms with van der Waals surface area (Å²) in [6.07, 6.45) is 1.79. The standard InChI is InChI=1S/C13H24N6/c1-8(2)11(19-14)7-15-13-17-10(5)6-12(18-13)16-9(3)4/h6-9,19H,14H2,1-5H3,(H2,15,16,17,18)/b11-7-. The summed E-state index contributed by atoms with van der Waals surface area (Å²) in [4.78, 5) is 8.72. The summed E-state index contributed by atoms with van der Waals surface area (Å²) in [5.74, 6) is 7.12. The van der Waals surface area contributed by atoms with Gasteiger partial charge >= 0.3 is 0 Å². The smallest absolute Gasteiger partial charge is 0.228 e. The first-order valence-electron chi connectivity index (χ1n) is 6.47. The fourth-order valence-corrected chi connectivity index (χ4v) is 1.52. The molecule has 0 saturated carbocycles. The van der Waals surface area contributed by atoms with Crippen molar-refractivity contribution >= 4 is 11.8 Å². The molecular formula is C13H24N6. The molecule has 5 N–H and O–H groups in total. The van der Waals surface area contributed by atoms with Gasteiger partial charge in [-0.15, -0.1) is 0 Å². The number of nitrogens with two attached hydrogens (primary N) is 1. The number of allylic oxidation sites excluding steroid dienone is 1. The van der Waals surface area contributed by atoms with E-state index in [1.165, 1.54) is 0 Å². The maximum Gasteiger partial charge on any atom is 0.228 e. The zero-order valence-electron chi connectivity index (χ0n) is 12.3. The summed E-state index contributed by atoms with van der Waals surface area (Å²) in [5.41, 5.74) is 4.46. The van der Waals surface area contributed by atoms with E-state index in [1.807, 2.05) is 13.0 Å². The SMILES string of the molecule is Cc1cc(NC(C)C)nc(N/C=C(\NN)C(C)C)n1. The summed E-state index contributed by atoms with van der Waals surface area (Å²) in [7, 11) is 0. The number of hydrogen-bond acceptors (Lipinski definition) is 6. The van der Waals surface area contributed by atoms with E-state index in [0.29, 0.717) is 17.9 Å². The number of nitrogens with one attached hydrogen (secondary N) is 3. The quantitative estimate of drug-likeness (QED) is 0.464. The van der Waals surface area contributed by atoms with Crippen LogP contribution in [0.3, 0.4) is 0 Å². The lowest BCUT2D eigenvalue weighted by atomic mass is 10.1. The molecule has 1 aromatic heterocycles. The minimum Gasteiger partial charge on any atom is -0.368 e. The minimum atomic E-state index is 0.301. The van der Waals surface area contributed by atoms with Crippen LogP contribution in [0.25, 0.3) is 0 Å². The molecule has 0 radical (unpaired) electrons. The molecule has 1 heterocycles. The fraction of sp³-hybridized carbons (Fsp3) is 0.538. The van der Waals surface area contributed by atoms with E-state index < -0.39 is 0 Å². The zero-order valence-corrected chi connectivity index (χ0v) is 12.3. The van der Waals surface area contributed by atoms with E-state index in [4.69, 9.17) is 5.84 Å². The van der Waals surface area contributed by atoms with Crippen molar-refractivity contribution < 1.29 is 0 Å². The largest absolute Gasteiger partial charge is 0.368 e.